The molecule has 58 valence electrons. The van der Waals surface area contributed by atoms with Crippen LogP contribution in [0.4, 0.5) is 0 Å². The van der Waals surface area contributed by atoms with Gasteiger partial charge in [0.2, 0.25) is 0 Å². The van der Waals surface area contributed by atoms with Gasteiger partial charge in [-0.25, -0.2) is 0 Å². The van der Waals surface area contributed by atoms with Gasteiger partial charge in [0.25, 0.3) is 0 Å². The van der Waals surface area contributed by atoms with E-state index in [9.17, 15) is 0 Å². The molecule has 0 saturated carbocycles. The zero-order valence-electron chi connectivity index (χ0n) is 7.09. The Morgan fingerprint density at radius 3 is 2.30 bits per heavy atom. The summed E-state index contributed by atoms with van der Waals surface area (Å²) in [6, 6.07) is 0. The minimum atomic E-state index is 0.558. The molecule has 0 saturated heterocycles. The van der Waals surface area contributed by atoms with E-state index in [2.05, 4.69) is 26.0 Å². The molecule has 0 aromatic carbocycles. The van der Waals surface area contributed by atoms with Gasteiger partial charge in [-0.3, -0.25) is 0 Å². The number of allylic oxidation sites excluding steroid dienone is 2. The molecule has 1 nitrogen and oxygen atoms in total. The second-order valence-corrected chi connectivity index (χ2v) is 2.87. The van der Waals surface area contributed by atoms with Crippen LogP contribution >= 0.6 is 0 Å². The van der Waals surface area contributed by atoms with E-state index in [0.717, 1.165) is 6.42 Å². The third-order valence-corrected chi connectivity index (χ3v) is 1.69. The first-order valence-electron chi connectivity index (χ1n) is 3.84. The summed E-state index contributed by atoms with van der Waals surface area (Å²) in [5.74, 6) is 1.21. The lowest BCUT2D eigenvalue weighted by Crippen LogP contribution is -2.05. The molecule has 0 rings (SSSR count). The van der Waals surface area contributed by atoms with E-state index < -0.39 is 0 Å². The standard InChI is InChI=1S/C9H17N/c1-4-5-9(6-7-10)8(2)3/h4-5,7-10H,6H2,1-3H3/b5-4-,10-7?. The molecule has 0 aliphatic carbocycles. The Kier molecular flexibility index (Phi) is 4.91. The maximum Gasteiger partial charge on any atom is -0.00418 e. The number of rotatable bonds is 4. The third-order valence-electron chi connectivity index (χ3n) is 1.69. The quantitative estimate of drug-likeness (QED) is 0.457. The van der Waals surface area contributed by atoms with Crippen LogP contribution in [0.2, 0.25) is 0 Å². The van der Waals surface area contributed by atoms with Crippen molar-refractivity contribution >= 4 is 6.21 Å². The largest absolute Gasteiger partial charge is 0.313 e. The Balaban J connectivity index is 3.84. The molecule has 0 aromatic rings. The van der Waals surface area contributed by atoms with Crippen molar-refractivity contribution < 1.29 is 0 Å². The first kappa shape index (κ1) is 9.41. The fourth-order valence-electron chi connectivity index (χ4n) is 0.956. The molecule has 0 aliphatic heterocycles. The van der Waals surface area contributed by atoms with Crippen LogP contribution in [0.3, 0.4) is 0 Å². The molecule has 0 radical (unpaired) electrons. The minimum Gasteiger partial charge on any atom is -0.313 e. The highest BCUT2D eigenvalue weighted by Gasteiger charge is 2.06. The molecule has 0 spiro atoms. The van der Waals surface area contributed by atoms with Crippen LogP contribution in [0.1, 0.15) is 27.2 Å². The van der Waals surface area contributed by atoms with Gasteiger partial charge in [-0.1, -0.05) is 26.0 Å². The fourth-order valence-corrected chi connectivity index (χ4v) is 0.956. The Bertz CT molecular complexity index is 114. The fraction of sp³-hybridized carbons (Fsp3) is 0.667. The first-order valence-corrected chi connectivity index (χ1v) is 3.84. The van der Waals surface area contributed by atoms with Crippen LogP contribution in [0.15, 0.2) is 12.2 Å². The lowest BCUT2D eigenvalue weighted by molar-refractivity contribution is 0.482. The number of hydrogen-bond acceptors (Lipinski definition) is 1. The molecule has 1 unspecified atom stereocenters. The smallest absolute Gasteiger partial charge is 0.00418 e. The zero-order chi connectivity index (χ0) is 7.98. The topological polar surface area (TPSA) is 23.9 Å². The summed E-state index contributed by atoms with van der Waals surface area (Å²) in [4.78, 5) is 0. The van der Waals surface area contributed by atoms with Crippen molar-refractivity contribution in [2.75, 3.05) is 0 Å². The van der Waals surface area contributed by atoms with E-state index in [-0.39, 0.29) is 0 Å². The van der Waals surface area contributed by atoms with Gasteiger partial charge in [0.05, 0.1) is 0 Å². The summed E-state index contributed by atoms with van der Waals surface area (Å²) in [5.41, 5.74) is 0. The summed E-state index contributed by atoms with van der Waals surface area (Å²) in [7, 11) is 0. The van der Waals surface area contributed by atoms with Crippen molar-refractivity contribution in [1.29, 1.82) is 5.41 Å². The van der Waals surface area contributed by atoms with E-state index in [1.54, 1.807) is 0 Å². The highest BCUT2D eigenvalue weighted by atomic mass is 14.3. The van der Waals surface area contributed by atoms with Crippen LogP contribution in [0.5, 0.6) is 0 Å². The van der Waals surface area contributed by atoms with Crippen LogP contribution < -0.4 is 0 Å². The summed E-state index contributed by atoms with van der Waals surface area (Å²) in [5, 5.41) is 6.95. The van der Waals surface area contributed by atoms with Gasteiger partial charge in [0, 0.05) is 0 Å². The Morgan fingerprint density at radius 2 is 2.00 bits per heavy atom. The lowest BCUT2D eigenvalue weighted by atomic mass is 9.93. The van der Waals surface area contributed by atoms with Crippen molar-refractivity contribution in [3.05, 3.63) is 12.2 Å². The van der Waals surface area contributed by atoms with Crippen LogP contribution in [-0.2, 0) is 0 Å². The van der Waals surface area contributed by atoms with Crippen molar-refractivity contribution in [2.24, 2.45) is 11.8 Å². The molecule has 0 aliphatic rings. The van der Waals surface area contributed by atoms with Crippen LogP contribution in [0, 0.1) is 17.2 Å². The number of hydrogen-bond donors (Lipinski definition) is 1. The summed E-state index contributed by atoms with van der Waals surface area (Å²) < 4.78 is 0. The maximum absolute atomic E-state index is 6.95. The molecular formula is C9H17N. The number of nitrogens with one attached hydrogen (secondary N) is 1. The second-order valence-electron chi connectivity index (χ2n) is 2.87. The van der Waals surface area contributed by atoms with Gasteiger partial charge >= 0.3 is 0 Å². The molecule has 1 atom stereocenters. The summed E-state index contributed by atoms with van der Waals surface area (Å²) in [6.07, 6.45) is 6.61. The summed E-state index contributed by atoms with van der Waals surface area (Å²) in [6.45, 7) is 6.40. The Morgan fingerprint density at radius 1 is 1.40 bits per heavy atom. The lowest BCUT2D eigenvalue weighted by Gasteiger charge is -2.13. The summed E-state index contributed by atoms with van der Waals surface area (Å²) >= 11 is 0. The molecule has 10 heavy (non-hydrogen) atoms. The molecular weight excluding hydrogens is 122 g/mol. The van der Waals surface area contributed by atoms with E-state index in [1.807, 2.05) is 6.92 Å². The van der Waals surface area contributed by atoms with Crippen molar-refractivity contribution in [2.45, 2.75) is 27.2 Å². The van der Waals surface area contributed by atoms with E-state index in [0.29, 0.717) is 11.8 Å². The maximum atomic E-state index is 6.95. The van der Waals surface area contributed by atoms with Crippen molar-refractivity contribution in [3.63, 3.8) is 0 Å². The normalized spacial score (nSPS) is 14.4. The molecule has 0 heterocycles. The first-order chi connectivity index (χ1) is 4.72. The van der Waals surface area contributed by atoms with Crippen molar-refractivity contribution in [1.82, 2.24) is 0 Å². The minimum absolute atomic E-state index is 0.558. The van der Waals surface area contributed by atoms with Crippen molar-refractivity contribution in [3.8, 4) is 0 Å². The highest BCUT2D eigenvalue weighted by molar-refractivity contribution is 5.53. The SMILES string of the molecule is C/C=C\C(CC=N)C(C)C. The average Bonchev–Trinajstić information content (AvgIpc) is 1.87. The molecule has 0 amide bonds. The molecule has 0 bridgehead atoms. The van der Waals surface area contributed by atoms with Gasteiger partial charge in [0.15, 0.2) is 0 Å². The van der Waals surface area contributed by atoms with Gasteiger partial charge in [-0.15, -0.1) is 0 Å². The predicted molar refractivity (Wildman–Crippen MR) is 46.5 cm³/mol. The Hall–Kier alpha value is -0.590. The van der Waals surface area contributed by atoms with Crippen LogP contribution in [-0.4, -0.2) is 6.21 Å². The molecule has 0 aromatic heterocycles. The van der Waals surface area contributed by atoms with E-state index in [1.165, 1.54) is 6.21 Å². The van der Waals surface area contributed by atoms with E-state index in [4.69, 9.17) is 5.41 Å². The Labute approximate surface area is 63.7 Å². The molecule has 0 fully saturated rings. The molecule has 1 N–H and O–H groups in total. The highest BCUT2D eigenvalue weighted by Crippen LogP contribution is 2.14. The van der Waals surface area contributed by atoms with Gasteiger partial charge in [-0.05, 0) is 31.4 Å². The van der Waals surface area contributed by atoms with Crippen LogP contribution in [0.25, 0.3) is 0 Å². The third kappa shape index (κ3) is 3.44. The van der Waals surface area contributed by atoms with Gasteiger partial charge in [-0.2, -0.15) is 0 Å². The van der Waals surface area contributed by atoms with Gasteiger partial charge < -0.3 is 5.41 Å². The second kappa shape index (κ2) is 5.21. The predicted octanol–water partition coefficient (Wildman–Crippen LogP) is 2.87. The molecule has 1 heteroatoms. The monoisotopic (exact) mass is 139 g/mol. The zero-order valence-corrected chi connectivity index (χ0v) is 7.09. The average molecular weight is 139 g/mol. The van der Waals surface area contributed by atoms with E-state index >= 15 is 0 Å². The van der Waals surface area contributed by atoms with Gasteiger partial charge in [0.1, 0.15) is 0 Å².